The quantitative estimate of drug-likeness (QED) is 0.836. The largest absolute Gasteiger partial charge is 0.447 e. The Morgan fingerprint density at radius 3 is 2.84 bits per heavy atom. The van der Waals surface area contributed by atoms with E-state index in [4.69, 9.17) is 10.2 Å². The Balaban J connectivity index is 2.05. The molecule has 3 N–H and O–H groups in total. The Morgan fingerprint density at radius 1 is 1.47 bits per heavy atom. The molecule has 0 aliphatic rings. The normalized spacial score (nSPS) is 11.9. The van der Waals surface area contributed by atoms with E-state index >= 15 is 0 Å². The smallest absolute Gasteiger partial charge is 0.274 e. The molecular formula is C11H15N3O3S2. The lowest BCUT2D eigenvalue weighted by Crippen LogP contribution is -2.22. The maximum atomic E-state index is 11.9. The number of rotatable bonds is 6. The summed E-state index contributed by atoms with van der Waals surface area (Å²) in [5.41, 5.74) is 5.37. The molecule has 2 rings (SSSR count). The number of nitrogens with two attached hydrogens (primary N) is 1. The second-order valence-corrected chi connectivity index (χ2v) is 6.72. The summed E-state index contributed by atoms with van der Waals surface area (Å²) in [6.07, 6.45) is 2.65. The van der Waals surface area contributed by atoms with E-state index < -0.39 is 10.0 Å². The van der Waals surface area contributed by atoms with Gasteiger partial charge in [0.1, 0.15) is 10.8 Å². The van der Waals surface area contributed by atoms with Gasteiger partial charge in [-0.05, 0) is 18.6 Å². The SMILES string of the molecule is CCc1cnc(CNS(=O)(=O)c2ccc(CN)o2)s1. The number of hydrogen-bond donors (Lipinski definition) is 2. The molecule has 0 bridgehead atoms. The Morgan fingerprint density at radius 2 is 2.26 bits per heavy atom. The van der Waals surface area contributed by atoms with E-state index in [1.54, 1.807) is 12.3 Å². The first-order valence-electron chi connectivity index (χ1n) is 5.77. The van der Waals surface area contributed by atoms with E-state index in [-0.39, 0.29) is 18.2 Å². The summed E-state index contributed by atoms with van der Waals surface area (Å²) in [5.74, 6) is 0.433. The van der Waals surface area contributed by atoms with Gasteiger partial charge in [-0.2, -0.15) is 0 Å². The second-order valence-electron chi connectivity index (χ2n) is 3.82. The van der Waals surface area contributed by atoms with E-state index in [0.29, 0.717) is 5.76 Å². The molecule has 2 aromatic heterocycles. The number of sulfonamides is 1. The van der Waals surface area contributed by atoms with Crippen LogP contribution in [0.5, 0.6) is 0 Å². The molecule has 2 aromatic rings. The van der Waals surface area contributed by atoms with Crippen molar-refractivity contribution in [3.63, 3.8) is 0 Å². The van der Waals surface area contributed by atoms with E-state index in [1.165, 1.54) is 17.4 Å². The number of aromatic nitrogens is 1. The average molecular weight is 301 g/mol. The average Bonchev–Trinajstić information content (AvgIpc) is 3.05. The van der Waals surface area contributed by atoms with Gasteiger partial charge in [0.05, 0.1) is 13.1 Å². The van der Waals surface area contributed by atoms with Crippen LogP contribution in [0.2, 0.25) is 0 Å². The van der Waals surface area contributed by atoms with Crippen molar-refractivity contribution >= 4 is 21.4 Å². The molecule has 0 aromatic carbocycles. The first-order chi connectivity index (χ1) is 9.05. The zero-order valence-electron chi connectivity index (χ0n) is 10.4. The van der Waals surface area contributed by atoms with E-state index in [9.17, 15) is 8.42 Å². The van der Waals surface area contributed by atoms with Gasteiger partial charge in [-0.3, -0.25) is 0 Å². The monoisotopic (exact) mass is 301 g/mol. The summed E-state index contributed by atoms with van der Waals surface area (Å²) in [6, 6.07) is 2.94. The fraction of sp³-hybridized carbons (Fsp3) is 0.364. The van der Waals surface area contributed by atoms with Gasteiger partial charge in [0.15, 0.2) is 0 Å². The minimum Gasteiger partial charge on any atom is -0.447 e. The molecule has 8 heteroatoms. The van der Waals surface area contributed by atoms with E-state index in [1.807, 2.05) is 6.92 Å². The standard InChI is InChI=1S/C11H15N3O3S2/c1-2-9-6-13-10(18-9)7-14-19(15,16)11-4-3-8(5-12)17-11/h3-4,6,14H,2,5,7,12H2,1H3. The minimum atomic E-state index is -3.65. The zero-order chi connectivity index (χ0) is 13.9. The summed E-state index contributed by atoms with van der Waals surface area (Å²) < 4.78 is 31.5. The van der Waals surface area contributed by atoms with E-state index in [0.717, 1.165) is 16.3 Å². The minimum absolute atomic E-state index is 0.125. The Hall–Kier alpha value is -1.22. The van der Waals surface area contributed by atoms with Crippen LogP contribution >= 0.6 is 11.3 Å². The lowest BCUT2D eigenvalue weighted by Gasteiger charge is -2.01. The van der Waals surface area contributed by atoms with Crippen molar-refractivity contribution in [2.75, 3.05) is 0 Å². The molecule has 0 amide bonds. The van der Waals surface area contributed by atoms with Crippen LogP contribution in [0, 0.1) is 0 Å². The molecule has 0 fully saturated rings. The topological polar surface area (TPSA) is 98.2 Å². The molecule has 2 heterocycles. The maximum Gasteiger partial charge on any atom is 0.274 e. The van der Waals surface area contributed by atoms with Gasteiger partial charge < -0.3 is 10.2 Å². The predicted molar refractivity (Wildman–Crippen MR) is 72.1 cm³/mol. The van der Waals surface area contributed by atoms with Crippen LogP contribution < -0.4 is 10.5 Å². The molecule has 0 radical (unpaired) electrons. The molecule has 0 aliphatic heterocycles. The van der Waals surface area contributed by atoms with Crippen molar-refractivity contribution in [3.8, 4) is 0 Å². The van der Waals surface area contributed by atoms with Crippen LogP contribution in [0.3, 0.4) is 0 Å². The van der Waals surface area contributed by atoms with Crippen LogP contribution in [-0.2, 0) is 29.5 Å². The van der Waals surface area contributed by atoms with Crippen molar-refractivity contribution in [2.45, 2.75) is 31.5 Å². The zero-order valence-corrected chi connectivity index (χ0v) is 12.1. The molecule has 0 aliphatic carbocycles. The predicted octanol–water partition coefficient (Wildman–Crippen LogP) is 1.24. The number of nitrogens with one attached hydrogen (secondary N) is 1. The van der Waals surface area contributed by atoms with Crippen molar-refractivity contribution in [1.29, 1.82) is 0 Å². The fourth-order valence-electron chi connectivity index (χ4n) is 1.43. The third kappa shape index (κ3) is 3.41. The van der Waals surface area contributed by atoms with Crippen LogP contribution in [0.1, 0.15) is 22.6 Å². The van der Waals surface area contributed by atoms with E-state index in [2.05, 4.69) is 9.71 Å². The fourth-order valence-corrected chi connectivity index (χ4v) is 3.26. The summed E-state index contributed by atoms with van der Waals surface area (Å²) in [6.45, 7) is 2.35. The third-order valence-corrected chi connectivity index (χ3v) is 4.88. The van der Waals surface area contributed by atoms with Gasteiger partial charge in [-0.25, -0.2) is 18.1 Å². The molecule has 0 saturated carbocycles. The van der Waals surface area contributed by atoms with Crippen molar-refractivity contribution in [2.24, 2.45) is 5.73 Å². The van der Waals surface area contributed by atoms with Crippen molar-refractivity contribution in [1.82, 2.24) is 9.71 Å². The van der Waals surface area contributed by atoms with Crippen LogP contribution in [0.15, 0.2) is 27.8 Å². The highest BCUT2D eigenvalue weighted by molar-refractivity contribution is 7.89. The highest BCUT2D eigenvalue weighted by atomic mass is 32.2. The van der Waals surface area contributed by atoms with Gasteiger partial charge in [0.2, 0.25) is 5.09 Å². The van der Waals surface area contributed by atoms with Gasteiger partial charge in [-0.1, -0.05) is 6.92 Å². The summed E-state index contributed by atoms with van der Waals surface area (Å²) in [5, 5.41) is 0.603. The maximum absolute atomic E-state index is 11.9. The van der Waals surface area contributed by atoms with Gasteiger partial charge in [-0.15, -0.1) is 11.3 Å². The lowest BCUT2D eigenvalue weighted by atomic mass is 10.4. The first kappa shape index (κ1) is 14.2. The molecule has 0 spiro atoms. The molecule has 104 valence electrons. The van der Waals surface area contributed by atoms with Gasteiger partial charge >= 0.3 is 0 Å². The number of aryl methyl sites for hydroxylation is 1. The summed E-state index contributed by atoms with van der Waals surface area (Å²) >= 11 is 1.49. The number of furan rings is 1. The Labute approximate surface area is 115 Å². The molecule has 6 nitrogen and oxygen atoms in total. The molecule has 0 atom stereocenters. The lowest BCUT2D eigenvalue weighted by molar-refractivity contribution is 0.412. The van der Waals surface area contributed by atoms with Crippen LogP contribution in [0.4, 0.5) is 0 Å². The number of hydrogen-bond acceptors (Lipinski definition) is 6. The van der Waals surface area contributed by atoms with Gasteiger partial charge in [0.25, 0.3) is 10.0 Å². The highest BCUT2D eigenvalue weighted by Gasteiger charge is 2.18. The molecule has 0 unspecified atom stereocenters. The van der Waals surface area contributed by atoms with Crippen LogP contribution in [0.25, 0.3) is 0 Å². The first-order valence-corrected chi connectivity index (χ1v) is 8.07. The van der Waals surface area contributed by atoms with Crippen molar-refractivity contribution in [3.05, 3.63) is 34.0 Å². The second kappa shape index (κ2) is 5.83. The summed E-state index contributed by atoms with van der Waals surface area (Å²) in [4.78, 5) is 5.27. The Kier molecular flexibility index (Phi) is 4.35. The third-order valence-electron chi connectivity index (χ3n) is 2.47. The van der Waals surface area contributed by atoms with Gasteiger partial charge in [0, 0.05) is 11.1 Å². The number of thiazole rings is 1. The molecule has 19 heavy (non-hydrogen) atoms. The molecule has 0 saturated heterocycles. The summed E-state index contributed by atoms with van der Waals surface area (Å²) in [7, 11) is -3.65. The highest BCUT2D eigenvalue weighted by Crippen LogP contribution is 2.16. The number of nitrogens with zero attached hydrogens (tertiary/aromatic N) is 1. The Bertz CT molecular complexity index is 646. The molecular weight excluding hydrogens is 286 g/mol. The van der Waals surface area contributed by atoms with Crippen molar-refractivity contribution < 1.29 is 12.8 Å². The van der Waals surface area contributed by atoms with Crippen LogP contribution in [-0.4, -0.2) is 13.4 Å².